The molecule has 8 heavy (non-hydrogen) atoms. The summed E-state index contributed by atoms with van der Waals surface area (Å²) in [6, 6.07) is 3.78. The van der Waals surface area contributed by atoms with Crippen molar-refractivity contribution in [3.05, 3.63) is 24.5 Å². The standard InChI is InChI=1S/C4H4N.C2H6.Rf/c1-2-4-5-3-1;1-2;/h1-4H;1-2H3;/q-1;;. The van der Waals surface area contributed by atoms with Crippen molar-refractivity contribution in [2.45, 2.75) is 13.8 Å². The first-order chi connectivity index (χ1) is 3.50. The maximum Gasteiger partial charge on any atom is 0 e. The van der Waals surface area contributed by atoms with Crippen LogP contribution in [-0.2, 0) is 0 Å². The van der Waals surface area contributed by atoms with Gasteiger partial charge in [0.05, 0.1) is 0 Å². The fraction of sp³-hybridized carbons (Fsp3) is 0.333. The molecule has 0 N–H and O–H groups in total. The van der Waals surface area contributed by atoms with Crippen molar-refractivity contribution in [1.82, 2.24) is 4.98 Å². The molecule has 0 aromatic carbocycles. The molecule has 0 fully saturated rings. The zero-order valence-corrected chi connectivity index (χ0v) is 11.9. The molecule has 0 aliphatic rings. The van der Waals surface area contributed by atoms with Crippen LogP contribution in [0.25, 0.3) is 0 Å². The summed E-state index contributed by atoms with van der Waals surface area (Å²) in [5.41, 5.74) is 0. The Morgan fingerprint density at radius 2 is 1.38 bits per heavy atom. The Labute approximate surface area is 44.4 Å². The van der Waals surface area contributed by atoms with Crippen LogP contribution in [0.15, 0.2) is 24.5 Å². The van der Waals surface area contributed by atoms with Crippen molar-refractivity contribution in [3.8, 4) is 0 Å². The maximum atomic E-state index is 3.72. The topological polar surface area (TPSA) is 14.1 Å². The second kappa shape index (κ2) is 8.99. The summed E-state index contributed by atoms with van der Waals surface area (Å²) >= 11 is 0. The fourth-order valence-electron chi connectivity index (χ4n) is 0.248. The first-order valence-corrected chi connectivity index (χ1v) is 2.52. The number of nitrogens with zero attached hydrogens (tertiary/aromatic N) is 1. The minimum atomic E-state index is 0. The molecule has 0 saturated carbocycles. The van der Waals surface area contributed by atoms with Crippen LogP contribution in [0.2, 0.25) is 0 Å². The molecule has 0 atom stereocenters. The minimum absolute atomic E-state index is 0. The van der Waals surface area contributed by atoms with Gasteiger partial charge in [-0.05, 0) is 0 Å². The van der Waals surface area contributed by atoms with Crippen LogP contribution in [0.4, 0.5) is 0 Å². The first-order valence-electron chi connectivity index (χ1n) is 2.52. The predicted octanol–water partition coefficient (Wildman–Crippen LogP) is 1.67. The molecule has 0 spiro atoms. The van der Waals surface area contributed by atoms with E-state index in [-0.39, 0.29) is 0 Å². The number of hydrogen-bond donors (Lipinski definition) is 0. The molecule has 0 aliphatic heterocycles. The molecule has 1 heterocycles. The van der Waals surface area contributed by atoms with Crippen molar-refractivity contribution >= 4 is 0 Å². The zero-order valence-electron chi connectivity index (χ0n) is 5.46. The van der Waals surface area contributed by atoms with Gasteiger partial charge in [-0.15, -0.1) is 0 Å². The molecule has 0 amide bonds. The minimum Gasteiger partial charge on any atom is -0.670 e. The third-order valence-electron chi connectivity index (χ3n) is 0.455. The smallest absolute Gasteiger partial charge is 0 e. The van der Waals surface area contributed by atoms with Crippen LogP contribution in [0.3, 0.4) is 0 Å². The van der Waals surface area contributed by atoms with Crippen molar-refractivity contribution in [1.29, 1.82) is 0 Å². The Morgan fingerprint density at radius 1 is 1.00 bits per heavy atom. The van der Waals surface area contributed by atoms with Gasteiger partial charge in [-0.1, -0.05) is 26.0 Å². The predicted molar refractivity (Wildman–Crippen MR) is 31.1 cm³/mol. The molecule has 0 aliphatic carbocycles. The van der Waals surface area contributed by atoms with E-state index in [1.807, 2.05) is 26.0 Å². The first kappa shape index (κ1) is 9.56. The SMILES string of the molecule is CC.[Rf].c1cc[n-]c1. The fourth-order valence-corrected chi connectivity index (χ4v) is 0.248. The molecule has 1 aromatic heterocycles. The van der Waals surface area contributed by atoms with Gasteiger partial charge in [0.15, 0.2) is 0 Å². The Morgan fingerprint density at radius 3 is 1.50 bits per heavy atom. The van der Waals surface area contributed by atoms with Gasteiger partial charge in [0.2, 0.25) is 0 Å². The van der Waals surface area contributed by atoms with E-state index < -0.39 is 0 Å². The van der Waals surface area contributed by atoms with E-state index in [1.165, 1.54) is 0 Å². The molecule has 1 aromatic rings. The Kier molecular flexibility index (Phi) is 10.7. The normalized spacial score (nSPS) is 5.75. The molecule has 1 nitrogen and oxygen atoms in total. The third kappa shape index (κ3) is 4.28. The van der Waals surface area contributed by atoms with Crippen molar-refractivity contribution in [3.63, 3.8) is 0 Å². The molecule has 0 bridgehead atoms. The van der Waals surface area contributed by atoms with Crippen LogP contribution >= 0.6 is 0 Å². The summed E-state index contributed by atoms with van der Waals surface area (Å²) in [5.74, 6) is 0. The second-order valence-corrected chi connectivity index (χ2v) is 0.832. The zero-order chi connectivity index (χ0) is 5.54. The molecule has 0 unspecified atom stereocenters. The van der Waals surface area contributed by atoms with Gasteiger partial charge in [-0.3, -0.25) is 0 Å². The van der Waals surface area contributed by atoms with Crippen LogP contribution < -0.4 is 4.98 Å². The molecular weight excluding hydrogens is 353 g/mol. The van der Waals surface area contributed by atoms with Crippen LogP contribution in [0.1, 0.15) is 13.8 Å². The molecule has 42 valence electrons. The van der Waals surface area contributed by atoms with E-state index >= 15 is 0 Å². The molecule has 0 radical (unpaired) electrons. The van der Waals surface area contributed by atoms with Crippen LogP contribution in [0, 0.1) is 0 Å². The van der Waals surface area contributed by atoms with Crippen LogP contribution in [-0.4, -0.2) is 0 Å². The van der Waals surface area contributed by atoms with Gasteiger partial charge in [-0.2, -0.15) is 12.4 Å². The summed E-state index contributed by atoms with van der Waals surface area (Å²) in [5, 5.41) is 0. The second-order valence-electron chi connectivity index (χ2n) is 0.832. The molecular formula is C6H10NRf-. The third-order valence-corrected chi connectivity index (χ3v) is 0.455. The Hall–Kier alpha value is -1.72. The summed E-state index contributed by atoms with van der Waals surface area (Å²) in [6.07, 6.45) is 3.50. The van der Waals surface area contributed by atoms with E-state index in [1.54, 1.807) is 12.4 Å². The van der Waals surface area contributed by atoms with Gasteiger partial charge in [0.1, 0.15) is 0 Å². The summed E-state index contributed by atoms with van der Waals surface area (Å²) < 4.78 is 0. The number of rotatable bonds is 0. The summed E-state index contributed by atoms with van der Waals surface area (Å²) in [7, 11) is 0. The quantitative estimate of drug-likeness (QED) is 0.684. The Bertz CT molecular complexity index is 65.0. The van der Waals surface area contributed by atoms with Crippen LogP contribution in [0.5, 0.6) is 0 Å². The van der Waals surface area contributed by atoms with E-state index in [2.05, 4.69) is 4.98 Å². The Balaban J connectivity index is 0. The van der Waals surface area contributed by atoms with E-state index in [9.17, 15) is 0 Å². The largest absolute Gasteiger partial charge is 0.670 e. The summed E-state index contributed by atoms with van der Waals surface area (Å²) in [6.45, 7) is 4.00. The van der Waals surface area contributed by atoms with Crippen molar-refractivity contribution < 1.29 is 0 Å². The molecule has 0 saturated heterocycles. The monoisotopic (exact) mass is 363 g/mol. The van der Waals surface area contributed by atoms with Crippen molar-refractivity contribution in [2.75, 3.05) is 0 Å². The van der Waals surface area contributed by atoms with Gasteiger partial charge in [0, 0.05) is 0 Å². The summed E-state index contributed by atoms with van der Waals surface area (Å²) in [4.78, 5) is 3.72. The van der Waals surface area contributed by atoms with Gasteiger partial charge in [0.25, 0.3) is 0 Å². The van der Waals surface area contributed by atoms with E-state index in [4.69, 9.17) is 0 Å². The van der Waals surface area contributed by atoms with Gasteiger partial charge < -0.3 is 4.98 Å². The number of hydrogen-bond acceptors (Lipinski definition) is 0. The van der Waals surface area contributed by atoms with E-state index in [0.717, 1.165) is 0 Å². The van der Waals surface area contributed by atoms with Gasteiger partial charge in [-0.25, -0.2) is 0 Å². The molecule has 1 rings (SSSR count). The average Bonchev–Trinajstić information content (AvgIpc) is 2.23. The van der Waals surface area contributed by atoms with Gasteiger partial charge >= 0.3 is 0 Å². The molecule has 2 heteroatoms. The maximum absolute atomic E-state index is 3.72. The van der Waals surface area contributed by atoms with Crippen molar-refractivity contribution in [2.24, 2.45) is 0 Å². The number of aromatic nitrogens is 1. The van der Waals surface area contributed by atoms with E-state index in [0.29, 0.717) is 0 Å². The average molecular weight is 363 g/mol.